The number of benzene rings is 1. The molecule has 0 saturated heterocycles. The van der Waals surface area contributed by atoms with E-state index in [2.05, 4.69) is 26.6 Å². The second kappa shape index (κ2) is 3.62. The lowest BCUT2D eigenvalue weighted by Crippen LogP contribution is -1.95. The van der Waals surface area contributed by atoms with Crippen molar-refractivity contribution >= 4 is 27.3 Å². The third-order valence-electron chi connectivity index (χ3n) is 1.52. The summed E-state index contributed by atoms with van der Waals surface area (Å²) in [7, 11) is 3.81. The predicted octanol–water partition coefficient (Wildman–Crippen LogP) is 2.53. The molecule has 0 aliphatic rings. The number of anilines is 2. The molecule has 0 amide bonds. The van der Waals surface area contributed by atoms with Gasteiger partial charge in [-0.25, -0.2) is 0 Å². The summed E-state index contributed by atoms with van der Waals surface area (Å²) in [5.41, 5.74) is 2.21. The maximum atomic E-state index is 3.40. The van der Waals surface area contributed by atoms with Gasteiger partial charge < -0.3 is 10.6 Å². The van der Waals surface area contributed by atoms with Crippen LogP contribution >= 0.6 is 15.9 Å². The van der Waals surface area contributed by atoms with Gasteiger partial charge in [0.2, 0.25) is 0 Å². The zero-order valence-corrected chi connectivity index (χ0v) is 8.20. The summed E-state index contributed by atoms with van der Waals surface area (Å²) in [6.45, 7) is 0. The third-order valence-corrected chi connectivity index (χ3v) is 2.01. The van der Waals surface area contributed by atoms with Gasteiger partial charge in [-0.2, -0.15) is 0 Å². The van der Waals surface area contributed by atoms with Gasteiger partial charge in [0.15, 0.2) is 0 Å². The SMILES string of the molecule is CNc1ccc(Br)cc1NC. The van der Waals surface area contributed by atoms with Crippen molar-refractivity contribution in [1.82, 2.24) is 0 Å². The van der Waals surface area contributed by atoms with Crippen molar-refractivity contribution in [1.29, 1.82) is 0 Å². The van der Waals surface area contributed by atoms with Crippen molar-refractivity contribution in [3.63, 3.8) is 0 Å². The quantitative estimate of drug-likeness (QED) is 0.792. The number of hydrogen-bond acceptors (Lipinski definition) is 2. The fraction of sp³-hybridized carbons (Fsp3) is 0.250. The van der Waals surface area contributed by atoms with Crippen molar-refractivity contribution in [3.8, 4) is 0 Å². The highest BCUT2D eigenvalue weighted by molar-refractivity contribution is 9.10. The molecule has 0 heterocycles. The summed E-state index contributed by atoms with van der Waals surface area (Å²) in [5, 5.41) is 6.19. The van der Waals surface area contributed by atoms with Gasteiger partial charge in [-0.1, -0.05) is 15.9 Å². The van der Waals surface area contributed by atoms with Gasteiger partial charge in [-0.15, -0.1) is 0 Å². The Kier molecular flexibility index (Phi) is 2.76. The van der Waals surface area contributed by atoms with E-state index in [9.17, 15) is 0 Å². The van der Waals surface area contributed by atoms with Crippen molar-refractivity contribution in [3.05, 3.63) is 22.7 Å². The van der Waals surface area contributed by atoms with Crippen LogP contribution in [0.5, 0.6) is 0 Å². The van der Waals surface area contributed by atoms with Crippen molar-refractivity contribution in [2.45, 2.75) is 0 Å². The molecule has 2 N–H and O–H groups in total. The summed E-state index contributed by atoms with van der Waals surface area (Å²) in [5.74, 6) is 0. The van der Waals surface area contributed by atoms with Crippen LogP contribution in [0.1, 0.15) is 0 Å². The fourth-order valence-electron chi connectivity index (χ4n) is 0.941. The number of rotatable bonds is 2. The van der Waals surface area contributed by atoms with E-state index in [0.717, 1.165) is 15.8 Å². The van der Waals surface area contributed by atoms with E-state index in [1.807, 2.05) is 32.3 Å². The Labute approximate surface area is 75.1 Å². The summed E-state index contributed by atoms with van der Waals surface area (Å²) >= 11 is 3.40. The summed E-state index contributed by atoms with van der Waals surface area (Å²) < 4.78 is 1.08. The van der Waals surface area contributed by atoms with Crippen LogP contribution in [0.15, 0.2) is 22.7 Å². The molecule has 0 radical (unpaired) electrons. The molecular weight excluding hydrogens is 204 g/mol. The number of hydrogen-bond donors (Lipinski definition) is 2. The second-order valence-corrected chi connectivity index (χ2v) is 3.11. The molecule has 0 saturated carbocycles. The third kappa shape index (κ3) is 1.87. The van der Waals surface area contributed by atoms with Crippen molar-refractivity contribution in [2.75, 3.05) is 24.7 Å². The average molecular weight is 215 g/mol. The molecule has 0 atom stereocenters. The van der Waals surface area contributed by atoms with Crippen LogP contribution in [-0.2, 0) is 0 Å². The summed E-state index contributed by atoms with van der Waals surface area (Å²) in [4.78, 5) is 0. The molecule has 0 aliphatic carbocycles. The van der Waals surface area contributed by atoms with Crippen LogP contribution in [-0.4, -0.2) is 14.1 Å². The van der Waals surface area contributed by atoms with Crippen LogP contribution in [0, 0.1) is 0 Å². The standard InChI is InChI=1S/C8H11BrN2/c1-10-7-4-3-6(9)5-8(7)11-2/h3-5,10-11H,1-2H3. The molecule has 11 heavy (non-hydrogen) atoms. The molecule has 0 spiro atoms. The summed E-state index contributed by atoms with van der Waals surface area (Å²) in [6.07, 6.45) is 0. The minimum atomic E-state index is 1.08. The van der Waals surface area contributed by atoms with Gasteiger partial charge in [-0.3, -0.25) is 0 Å². The molecule has 1 rings (SSSR count). The molecule has 0 aromatic heterocycles. The molecule has 0 aliphatic heterocycles. The van der Waals surface area contributed by atoms with E-state index in [1.165, 1.54) is 0 Å². The van der Waals surface area contributed by atoms with Gasteiger partial charge in [0.1, 0.15) is 0 Å². The van der Waals surface area contributed by atoms with Gasteiger partial charge >= 0.3 is 0 Å². The lowest BCUT2D eigenvalue weighted by Gasteiger charge is -2.07. The number of nitrogens with one attached hydrogen (secondary N) is 2. The van der Waals surface area contributed by atoms with Gasteiger partial charge in [0.25, 0.3) is 0 Å². The minimum absolute atomic E-state index is 1.08. The van der Waals surface area contributed by atoms with Crippen LogP contribution in [0.4, 0.5) is 11.4 Å². The Morgan fingerprint density at radius 1 is 1.09 bits per heavy atom. The largest absolute Gasteiger partial charge is 0.386 e. The van der Waals surface area contributed by atoms with Crippen LogP contribution in [0.2, 0.25) is 0 Å². The smallest absolute Gasteiger partial charge is 0.0584 e. The second-order valence-electron chi connectivity index (χ2n) is 2.19. The monoisotopic (exact) mass is 214 g/mol. The van der Waals surface area contributed by atoms with E-state index in [4.69, 9.17) is 0 Å². The topological polar surface area (TPSA) is 24.1 Å². The van der Waals surface area contributed by atoms with Crippen LogP contribution < -0.4 is 10.6 Å². The molecule has 1 aromatic rings. The Morgan fingerprint density at radius 3 is 2.27 bits per heavy atom. The first-order chi connectivity index (χ1) is 5.27. The Bertz CT molecular complexity index is 248. The highest BCUT2D eigenvalue weighted by atomic mass is 79.9. The first-order valence-corrected chi connectivity index (χ1v) is 4.22. The number of halogens is 1. The first kappa shape index (κ1) is 8.40. The Hall–Kier alpha value is -0.700. The van der Waals surface area contributed by atoms with E-state index >= 15 is 0 Å². The zero-order chi connectivity index (χ0) is 8.27. The van der Waals surface area contributed by atoms with Gasteiger partial charge in [-0.05, 0) is 18.2 Å². The van der Waals surface area contributed by atoms with Gasteiger partial charge in [0, 0.05) is 18.6 Å². The lowest BCUT2D eigenvalue weighted by atomic mass is 10.2. The van der Waals surface area contributed by atoms with E-state index in [-0.39, 0.29) is 0 Å². The van der Waals surface area contributed by atoms with Crippen molar-refractivity contribution in [2.24, 2.45) is 0 Å². The summed E-state index contributed by atoms with van der Waals surface area (Å²) in [6, 6.07) is 6.06. The predicted molar refractivity (Wildman–Crippen MR) is 53.2 cm³/mol. The highest BCUT2D eigenvalue weighted by Crippen LogP contribution is 2.24. The molecule has 0 bridgehead atoms. The van der Waals surface area contributed by atoms with E-state index in [0.29, 0.717) is 0 Å². The molecule has 2 nitrogen and oxygen atoms in total. The van der Waals surface area contributed by atoms with E-state index < -0.39 is 0 Å². The minimum Gasteiger partial charge on any atom is -0.386 e. The maximum Gasteiger partial charge on any atom is 0.0584 e. The molecule has 0 unspecified atom stereocenters. The molecule has 1 aromatic carbocycles. The highest BCUT2D eigenvalue weighted by Gasteiger charge is 1.97. The average Bonchev–Trinajstić information content (AvgIpc) is 2.04. The Balaban J connectivity index is 3.06. The van der Waals surface area contributed by atoms with E-state index in [1.54, 1.807) is 0 Å². The van der Waals surface area contributed by atoms with Crippen LogP contribution in [0.3, 0.4) is 0 Å². The zero-order valence-electron chi connectivity index (χ0n) is 6.61. The van der Waals surface area contributed by atoms with Crippen LogP contribution in [0.25, 0.3) is 0 Å². The Morgan fingerprint density at radius 2 is 1.73 bits per heavy atom. The molecule has 0 fully saturated rings. The molecule has 3 heteroatoms. The first-order valence-electron chi connectivity index (χ1n) is 3.43. The lowest BCUT2D eigenvalue weighted by molar-refractivity contribution is 1.44. The molecular formula is C8H11BrN2. The van der Waals surface area contributed by atoms with Crippen molar-refractivity contribution < 1.29 is 0 Å². The molecule has 60 valence electrons. The fourth-order valence-corrected chi connectivity index (χ4v) is 1.30. The van der Waals surface area contributed by atoms with Gasteiger partial charge in [0.05, 0.1) is 11.4 Å². The normalized spacial score (nSPS) is 9.36. The maximum absolute atomic E-state index is 3.40.